The first-order chi connectivity index (χ1) is 13.2. The maximum atomic E-state index is 12.5. The van der Waals surface area contributed by atoms with Crippen LogP contribution in [0.2, 0.25) is 0 Å². The highest BCUT2D eigenvalue weighted by atomic mass is 32.2. The number of ether oxygens (including phenoxy) is 1. The minimum Gasteiger partial charge on any atom is -0.466 e. The summed E-state index contributed by atoms with van der Waals surface area (Å²) in [6.07, 6.45) is 3.13. The molecule has 1 amide bonds. The smallest absolute Gasteiger partial charge is 0.309 e. The van der Waals surface area contributed by atoms with Crippen LogP contribution in [0.25, 0.3) is 0 Å². The Labute approximate surface area is 167 Å². The largest absolute Gasteiger partial charge is 0.466 e. The summed E-state index contributed by atoms with van der Waals surface area (Å²) >= 11 is 0. The fourth-order valence-electron chi connectivity index (χ4n) is 3.35. The Hall–Kier alpha value is -2.09. The number of carbonyl (C=O) groups excluding carboxylic acids is 2. The monoisotopic (exact) mass is 410 g/mol. The van der Waals surface area contributed by atoms with Crippen molar-refractivity contribution in [3.8, 4) is 0 Å². The Morgan fingerprint density at radius 1 is 1.18 bits per heavy atom. The lowest BCUT2D eigenvalue weighted by atomic mass is 9.97. The number of aryl methyl sites for hydroxylation is 1. The fourth-order valence-corrected chi connectivity index (χ4v) is 4.32. The normalized spacial score (nSPS) is 15.3. The Morgan fingerprint density at radius 3 is 2.32 bits per heavy atom. The zero-order chi connectivity index (χ0) is 20.7. The molecule has 1 aromatic carbocycles. The Bertz CT molecular complexity index is 768. The summed E-state index contributed by atoms with van der Waals surface area (Å²) in [5.41, 5.74) is 1.66. The summed E-state index contributed by atoms with van der Waals surface area (Å²) in [4.78, 5) is 26.0. The number of rotatable bonds is 8. The molecule has 1 heterocycles. The standard InChI is InChI=1S/C20H30N2O5S/c1-4-27-20(24)17-11-14-21(15-12-17)19(23)6-5-13-22(28(3,25)26)18-9-7-16(2)8-10-18/h7-10,17H,4-6,11-15H2,1-3H3. The highest BCUT2D eigenvalue weighted by Gasteiger charge is 2.28. The third-order valence-electron chi connectivity index (χ3n) is 4.94. The molecule has 28 heavy (non-hydrogen) atoms. The van der Waals surface area contributed by atoms with E-state index >= 15 is 0 Å². The summed E-state index contributed by atoms with van der Waals surface area (Å²) in [5.74, 6) is -0.317. The minimum absolute atomic E-state index is 0.000309. The quantitative estimate of drug-likeness (QED) is 0.614. The van der Waals surface area contributed by atoms with Crippen molar-refractivity contribution in [1.29, 1.82) is 0 Å². The molecule has 1 aliphatic heterocycles. The van der Waals surface area contributed by atoms with E-state index in [2.05, 4.69) is 0 Å². The number of esters is 1. The first-order valence-electron chi connectivity index (χ1n) is 9.71. The number of sulfonamides is 1. The molecule has 1 aromatic rings. The zero-order valence-electron chi connectivity index (χ0n) is 16.9. The van der Waals surface area contributed by atoms with Gasteiger partial charge in [0.15, 0.2) is 0 Å². The number of likely N-dealkylation sites (tertiary alicyclic amines) is 1. The van der Waals surface area contributed by atoms with Gasteiger partial charge in [0.1, 0.15) is 0 Å². The molecular formula is C20H30N2O5S. The summed E-state index contributed by atoms with van der Waals surface area (Å²) in [7, 11) is -3.42. The van der Waals surface area contributed by atoms with Crippen LogP contribution >= 0.6 is 0 Å². The van der Waals surface area contributed by atoms with Gasteiger partial charge in [-0.1, -0.05) is 17.7 Å². The van der Waals surface area contributed by atoms with Gasteiger partial charge in [-0.3, -0.25) is 13.9 Å². The van der Waals surface area contributed by atoms with Crippen LogP contribution < -0.4 is 4.31 Å². The number of carbonyl (C=O) groups is 2. The van der Waals surface area contributed by atoms with Crippen LogP contribution in [0.4, 0.5) is 5.69 Å². The van der Waals surface area contributed by atoms with Crippen molar-refractivity contribution < 1.29 is 22.7 Å². The van der Waals surface area contributed by atoms with Crippen molar-refractivity contribution in [1.82, 2.24) is 4.90 Å². The second-order valence-corrected chi connectivity index (χ2v) is 9.09. The van der Waals surface area contributed by atoms with Gasteiger partial charge in [0.2, 0.25) is 15.9 Å². The molecule has 1 aliphatic rings. The summed E-state index contributed by atoms with van der Waals surface area (Å²) in [6.45, 7) is 5.43. The van der Waals surface area contributed by atoms with Crippen molar-refractivity contribution in [2.75, 3.05) is 36.8 Å². The Kier molecular flexibility index (Phi) is 7.86. The first kappa shape index (κ1) is 22.2. The molecule has 0 spiro atoms. The SMILES string of the molecule is CCOC(=O)C1CCN(C(=O)CCCN(c2ccc(C)cc2)S(C)(=O)=O)CC1. The van der Waals surface area contributed by atoms with E-state index in [1.807, 2.05) is 19.1 Å². The van der Waals surface area contributed by atoms with Crippen molar-refractivity contribution in [2.45, 2.75) is 39.5 Å². The molecule has 0 aliphatic carbocycles. The molecule has 0 unspecified atom stereocenters. The van der Waals surface area contributed by atoms with E-state index in [1.165, 1.54) is 10.6 Å². The number of hydrogen-bond acceptors (Lipinski definition) is 5. The van der Waals surface area contributed by atoms with Crippen LogP contribution in [-0.4, -0.2) is 57.7 Å². The predicted molar refractivity (Wildman–Crippen MR) is 109 cm³/mol. The van der Waals surface area contributed by atoms with Crippen LogP contribution in [0.3, 0.4) is 0 Å². The molecule has 2 rings (SSSR count). The molecule has 8 heteroatoms. The maximum Gasteiger partial charge on any atom is 0.309 e. The molecule has 0 atom stereocenters. The summed E-state index contributed by atoms with van der Waals surface area (Å²) < 4.78 is 30.7. The van der Waals surface area contributed by atoms with Gasteiger partial charge in [0, 0.05) is 26.1 Å². The van der Waals surface area contributed by atoms with E-state index < -0.39 is 10.0 Å². The van der Waals surface area contributed by atoms with E-state index in [1.54, 1.807) is 24.0 Å². The van der Waals surface area contributed by atoms with Gasteiger partial charge in [0.05, 0.1) is 24.5 Å². The Balaban J connectivity index is 1.85. The van der Waals surface area contributed by atoms with Crippen LogP contribution in [0.5, 0.6) is 0 Å². The van der Waals surface area contributed by atoms with Crippen molar-refractivity contribution >= 4 is 27.6 Å². The lowest BCUT2D eigenvalue weighted by Gasteiger charge is -2.31. The van der Waals surface area contributed by atoms with Crippen molar-refractivity contribution in [3.63, 3.8) is 0 Å². The van der Waals surface area contributed by atoms with E-state index in [-0.39, 0.29) is 30.8 Å². The number of hydrogen-bond donors (Lipinski definition) is 0. The van der Waals surface area contributed by atoms with Crippen LogP contribution in [0.1, 0.15) is 38.2 Å². The number of benzene rings is 1. The molecule has 1 fully saturated rings. The third kappa shape index (κ3) is 6.22. The van der Waals surface area contributed by atoms with E-state index in [0.717, 1.165) is 5.56 Å². The molecule has 0 saturated carbocycles. The predicted octanol–water partition coefficient (Wildman–Crippen LogP) is 2.34. The highest BCUT2D eigenvalue weighted by molar-refractivity contribution is 7.92. The van der Waals surface area contributed by atoms with Gasteiger partial charge in [-0.15, -0.1) is 0 Å². The number of amides is 1. The van der Waals surface area contributed by atoms with Gasteiger partial charge < -0.3 is 9.64 Å². The average Bonchev–Trinajstić information content (AvgIpc) is 2.65. The topological polar surface area (TPSA) is 84.0 Å². The molecular weight excluding hydrogens is 380 g/mol. The van der Waals surface area contributed by atoms with Crippen LogP contribution in [0, 0.1) is 12.8 Å². The van der Waals surface area contributed by atoms with E-state index in [9.17, 15) is 18.0 Å². The van der Waals surface area contributed by atoms with Gasteiger partial charge in [-0.25, -0.2) is 8.42 Å². The average molecular weight is 411 g/mol. The molecule has 7 nitrogen and oxygen atoms in total. The first-order valence-corrected chi connectivity index (χ1v) is 11.6. The number of anilines is 1. The summed E-state index contributed by atoms with van der Waals surface area (Å²) in [5, 5.41) is 0. The Morgan fingerprint density at radius 2 is 1.79 bits per heavy atom. The fraction of sp³-hybridized carbons (Fsp3) is 0.600. The van der Waals surface area contributed by atoms with Gasteiger partial charge in [-0.05, 0) is 45.2 Å². The summed E-state index contributed by atoms with van der Waals surface area (Å²) in [6, 6.07) is 7.29. The lowest BCUT2D eigenvalue weighted by molar-refractivity contribution is -0.151. The van der Waals surface area contributed by atoms with Gasteiger partial charge in [-0.2, -0.15) is 0 Å². The van der Waals surface area contributed by atoms with Crippen molar-refractivity contribution in [2.24, 2.45) is 5.92 Å². The molecule has 0 N–H and O–H groups in total. The van der Waals surface area contributed by atoms with Crippen molar-refractivity contribution in [3.05, 3.63) is 29.8 Å². The highest BCUT2D eigenvalue weighted by Crippen LogP contribution is 2.21. The second-order valence-electron chi connectivity index (χ2n) is 7.18. The molecule has 156 valence electrons. The second kappa shape index (κ2) is 9.91. The minimum atomic E-state index is -3.42. The van der Waals surface area contributed by atoms with Crippen LogP contribution in [0.15, 0.2) is 24.3 Å². The van der Waals surface area contributed by atoms with Crippen LogP contribution in [-0.2, 0) is 24.3 Å². The van der Waals surface area contributed by atoms with Gasteiger partial charge >= 0.3 is 5.97 Å². The third-order valence-corrected chi connectivity index (χ3v) is 6.14. The maximum absolute atomic E-state index is 12.5. The van der Waals surface area contributed by atoms with E-state index in [4.69, 9.17) is 4.74 Å². The van der Waals surface area contributed by atoms with Gasteiger partial charge in [0.25, 0.3) is 0 Å². The lowest BCUT2D eigenvalue weighted by Crippen LogP contribution is -2.41. The van der Waals surface area contributed by atoms with E-state index in [0.29, 0.717) is 44.6 Å². The molecule has 0 bridgehead atoms. The molecule has 0 radical (unpaired) electrons. The zero-order valence-corrected chi connectivity index (χ0v) is 17.7. The molecule has 1 saturated heterocycles. The molecule has 0 aromatic heterocycles. The number of piperidine rings is 1. The number of nitrogens with zero attached hydrogens (tertiary/aromatic N) is 2.